The summed E-state index contributed by atoms with van der Waals surface area (Å²) in [7, 11) is 0. The highest BCUT2D eigenvalue weighted by Crippen LogP contribution is 2.35. The highest BCUT2D eigenvalue weighted by atomic mass is 32.2. The number of nitrogens with two attached hydrogens (primary N) is 1. The second-order valence-electron chi connectivity index (χ2n) is 3.85. The van der Waals surface area contributed by atoms with Crippen molar-refractivity contribution in [2.45, 2.75) is 16.7 Å². The van der Waals surface area contributed by atoms with Crippen molar-refractivity contribution >= 4 is 23.1 Å². The lowest BCUT2D eigenvalue weighted by Crippen LogP contribution is -1.97. The van der Waals surface area contributed by atoms with Gasteiger partial charge in [-0.3, -0.25) is 10.1 Å². The first-order valence-electron chi connectivity index (χ1n) is 5.35. The van der Waals surface area contributed by atoms with E-state index in [4.69, 9.17) is 5.73 Å². The molecule has 0 aliphatic carbocycles. The second kappa shape index (κ2) is 5.10. The van der Waals surface area contributed by atoms with E-state index in [9.17, 15) is 10.1 Å². The zero-order chi connectivity index (χ0) is 13.1. The quantitative estimate of drug-likeness (QED) is 0.519. The number of anilines is 1. The summed E-state index contributed by atoms with van der Waals surface area (Å²) in [4.78, 5) is 12.3. The molecule has 0 unspecified atom stereocenters. The number of nitro benzene ring substituents is 1. The van der Waals surface area contributed by atoms with E-state index < -0.39 is 4.92 Å². The van der Waals surface area contributed by atoms with Crippen molar-refractivity contribution in [1.82, 2.24) is 0 Å². The van der Waals surface area contributed by atoms with Crippen LogP contribution in [0.25, 0.3) is 0 Å². The molecule has 0 radical (unpaired) electrons. The molecular weight excluding hydrogens is 248 g/mol. The van der Waals surface area contributed by atoms with Crippen molar-refractivity contribution < 1.29 is 4.92 Å². The lowest BCUT2D eigenvalue weighted by Gasteiger charge is -2.07. The third-order valence-corrected chi connectivity index (χ3v) is 3.66. The van der Waals surface area contributed by atoms with E-state index in [0.717, 1.165) is 15.4 Å². The van der Waals surface area contributed by atoms with Gasteiger partial charge in [0.25, 0.3) is 5.69 Å². The third kappa shape index (κ3) is 2.62. The molecule has 0 aromatic heterocycles. The van der Waals surface area contributed by atoms with Crippen LogP contribution >= 0.6 is 11.8 Å². The van der Waals surface area contributed by atoms with Crippen molar-refractivity contribution in [2.24, 2.45) is 0 Å². The predicted molar refractivity (Wildman–Crippen MR) is 72.8 cm³/mol. The summed E-state index contributed by atoms with van der Waals surface area (Å²) in [5, 5.41) is 10.8. The normalized spacial score (nSPS) is 10.3. The van der Waals surface area contributed by atoms with Gasteiger partial charge in [-0.2, -0.15) is 0 Å². The van der Waals surface area contributed by atoms with Crippen molar-refractivity contribution in [3.8, 4) is 0 Å². The topological polar surface area (TPSA) is 69.2 Å². The van der Waals surface area contributed by atoms with Gasteiger partial charge < -0.3 is 5.73 Å². The van der Waals surface area contributed by atoms with Gasteiger partial charge in [0.15, 0.2) is 0 Å². The number of nitro groups is 1. The number of nitrogen functional groups attached to an aromatic ring is 1. The molecule has 0 amide bonds. The molecule has 4 nitrogen and oxygen atoms in total. The van der Waals surface area contributed by atoms with Gasteiger partial charge in [0.05, 0.1) is 4.92 Å². The van der Waals surface area contributed by atoms with E-state index in [1.165, 1.54) is 6.07 Å². The zero-order valence-corrected chi connectivity index (χ0v) is 10.6. The summed E-state index contributed by atoms with van der Waals surface area (Å²) in [5.41, 5.74) is 6.70. The first-order valence-corrected chi connectivity index (χ1v) is 6.17. The molecule has 2 aromatic rings. The summed E-state index contributed by atoms with van der Waals surface area (Å²) >= 11 is 1.55. The minimum absolute atomic E-state index is 0.0371. The molecule has 0 atom stereocenters. The minimum atomic E-state index is -0.459. The first kappa shape index (κ1) is 12.4. The van der Waals surface area contributed by atoms with E-state index in [1.807, 2.05) is 37.3 Å². The number of hydrogen-bond donors (Lipinski definition) is 1. The fourth-order valence-electron chi connectivity index (χ4n) is 1.57. The van der Waals surface area contributed by atoms with Gasteiger partial charge in [0.1, 0.15) is 5.69 Å². The zero-order valence-electron chi connectivity index (χ0n) is 9.79. The van der Waals surface area contributed by atoms with Crippen molar-refractivity contribution in [1.29, 1.82) is 0 Å². The number of rotatable bonds is 3. The molecule has 0 spiro atoms. The molecule has 0 heterocycles. The summed E-state index contributed by atoms with van der Waals surface area (Å²) in [6.07, 6.45) is 0. The van der Waals surface area contributed by atoms with Gasteiger partial charge in [-0.05, 0) is 30.7 Å². The molecule has 0 aliphatic rings. The fraction of sp³-hybridized carbons (Fsp3) is 0.0769. The summed E-state index contributed by atoms with van der Waals surface area (Å²) in [6.45, 7) is 1.84. The Morgan fingerprint density at radius 2 is 1.89 bits per heavy atom. The smallest absolute Gasteiger partial charge is 0.292 e. The van der Waals surface area contributed by atoms with Crippen molar-refractivity contribution in [2.75, 3.05) is 5.73 Å². The molecule has 0 aliphatic heterocycles. The molecule has 0 fully saturated rings. The van der Waals surface area contributed by atoms with Crippen LogP contribution in [-0.4, -0.2) is 4.92 Å². The Morgan fingerprint density at radius 1 is 1.22 bits per heavy atom. The molecule has 0 bridgehead atoms. The maximum Gasteiger partial charge on any atom is 0.292 e. The van der Waals surface area contributed by atoms with Crippen molar-refractivity contribution in [3.63, 3.8) is 0 Å². The van der Waals surface area contributed by atoms with Gasteiger partial charge in [-0.1, -0.05) is 30.0 Å². The Morgan fingerprint density at radius 3 is 2.50 bits per heavy atom. The van der Waals surface area contributed by atoms with E-state index in [-0.39, 0.29) is 11.4 Å². The van der Waals surface area contributed by atoms with Crippen LogP contribution in [0, 0.1) is 17.0 Å². The molecule has 2 rings (SSSR count). The highest BCUT2D eigenvalue weighted by Gasteiger charge is 2.14. The minimum Gasteiger partial charge on any atom is -0.393 e. The first-order chi connectivity index (χ1) is 8.58. The molecule has 2 N–H and O–H groups in total. The molecule has 92 valence electrons. The number of aryl methyl sites for hydroxylation is 1. The summed E-state index contributed by atoms with van der Waals surface area (Å²) in [5.74, 6) is 0. The Kier molecular flexibility index (Phi) is 3.53. The third-order valence-electron chi connectivity index (χ3n) is 2.49. The van der Waals surface area contributed by atoms with Gasteiger partial charge in [-0.25, -0.2) is 0 Å². The molecular formula is C13H12N2O2S. The SMILES string of the molecule is Cc1cc([N+](=O)[O-])c(N)cc1Sc1ccccc1. The van der Waals surface area contributed by atoms with E-state index in [2.05, 4.69) is 0 Å². The van der Waals surface area contributed by atoms with Crippen LogP contribution in [0.1, 0.15) is 5.56 Å². The maximum absolute atomic E-state index is 10.8. The van der Waals surface area contributed by atoms with E-state index in [1.54, 1.807) is 17.8 Å². The molecule has 0 saturated heterocycles. The summed E-state index contributed by atoms with van der Waals surface area (Å²) < 4.78 is 0. The standard InChI is InChI=1S/C13H12N2O2S/c1-9-7-12(15(16)17)11(14)8-13(9)18-10-5-3-2-4-6-10/h2-8H,14H2,1H3. The largest absolute Gasteiger partial charge is 0.393 e. The monoisotopic (exact) mass is 260 g/mol. The van der Waals surface area contributed by atoms with Gasteiger partial charge in [-0.15, -0.1) is 0 Å². The van der Waals surface area contributed by atoms with Crippen LogP contribution in [-0.2, 0) is 0 Å². The average Bonchev–Trinajstić information content (AvgIpc) is 2.34. The molecule has 0 saturated carbocycles. The van der Waals surface area contributed by atoms with Gasteiger partial charge in [0.2, 0.25) is 0 Å². The lowest BCUT2D eigenvalue weighted by atomic mass is 10.2. The second-order valence-corrected chi connectivity index (χ2v) is 4.96. The predicted octanol–water partition coefficient (Wildman–Crippen LogP) is 3.64. The average molecular weight is 260 g/mol. The Labute approximate surface area is 109 Å². The number of hydrogen-bond acceptors (Lipinski definition) is 4. The Bertz CT molecular complexity index is 585. The van der Waals surface area contributed by atoms with Crippen LogP contribution in [0.3, 0.4) is 0 Å². The Balaban J connectivity index is 2.35. The fourth-order valence-corrected chi connectivity index (χ4v) is 2.53. The molecule has 2 aromatic carbocycles. The van der Waals surface area contributed by atoms with Crippen LogP contribution in [0.2, 0.25) is 0 Å². The van der Waals surface area contributed by atoms with Gasteiger partial charge >= 0.3 is 0 Å². The van der Waals surface area contributed by atoms with Crippen LogP contribution < -0.4 is 5.73 Å². The lowest BCUT2D eigenvalue weighted by molar-refractivity contribution is -0.384. The highest BCUT2D eigenvalue weighted by molar-refractivity contribution is 7.99. The van der Waals surface area contributed by atoms with E-state index in [0.29, 0.717) is 0 Å². The Hall–Kier alpha value is -2.01. The van der Waals surface area contributed by atoms with Crippen LogP contribution in [0.4, 0.5) is 11.4 Å². The van der Waals surface area contributed by atoms with Crippen molar-refractivity contribution in [3.05, 3.63) is 58.1 Å². The van der Waals surface area contributed by atoms with Crippen LogP contribution in [0.15, 0.2) is 52.3 Å². The van der Waals surface area contributed by atoms with Gasteiger partial charge in [0, 0.05) is 15.9 Å². The maximum atomic E-state index is 10.8. The number of nitrogens with zero attached hydrogens (tertiary/aromatic N) is 1. The number of benzene rings is 2. The molecule has 18 heavy (non-hydrogen) atoms. The summed E-state index contributed by atoms with van der Waals surface area (Å²) in [6, 6.07) is 13.0. The van der Waals surface area contributed by atoms with Crippen LogP contribution in [0.5, 0.6) is 0 Å². The molecule has 5 heteroatoms. The van der Waals surface area contributed by atoms with E-state index >= 15 is 0 Å².